The summed E-state index contributed by atoms with van der Waals surface area (Å²) >= 11 is 0. The van der Waals surface area contributed by atoms with Crippen molar-refractivity contribution >= 4 is 39.9 Å². The van der Waals surface area contributed by atoms with Gasteiger partial charge in [-0.25, -0.2) is 0 Å². The number of carbonyl (C=O) groups excluding carboxylic acids is 3. The van der Waals surface area contributed by atoms with Gasteiger partial charge in [-0.05, 0) is 53.9 Å². The summed E-state index contributed by atoms with van der Waals surface area (Å²) < 4.78 is 49.7. The SMILES string of the molecule is O=C(COC(=O)[C@@H]1CC(=O)N(c2ccc(Oc3cccc4ccccc34)cc2)C1)Nc1cccc(C(F)(F)F)c1. The van der Waals surface area contributed by atoms with Gasteiger partial charge in [0.2, 0.25) is 5.91 Å². The highest BCUT2D eigenvalue weighted by atomic mass is 19.4. The number of carbonyl (C=O) groups is 3. The van der Waals surface area contributed by atoms with E-state index < -0.39 is 36.1 Å². The van der Waals surface area contributed by atoms with E-state index in [0.29, 0.717) is 17.2 Å². The third kappa shape index (κ3) is 6.06. The molecule has 4 aromatic carbocycles. The molecule has 1 heterocycles. The van der Waals surface area contributed by atoms with Crippen LogP contribution in [0.1, 0.15) is 12.0 Å². The van der Waals surface area contributed by atoms with E-state index in [1.54, 1.807) is 24.3 Å². The predicted molar refractivity (Wildman–Crippen MR) is 142 cm³/mol. The Morgan fingerprint density at radius 1 is 0.925 bits per heavy atom. The number of amides is 2. The number of nitrogens with one attached hydrogen (secondary N) is 1. The van der Waals surface area contributed by atoms with Gasteiger partial charge in [0, 0.05) is 29.7 Å². The number of halogens is 3. The molecule has 1 N–H and O–H groups in total. The molecule has 0 aromatic heterocycles. The number of anilines is 2. The Bertz CT molecular complexity index is 1560. The smallest absolute Gasteiger partial charge is 0.416 e. The van der Waals surface area contributed by atoms with Gasteiger partial charge in [0.1, 0.15) is 11.5 Å². The fraction of sp³-hybridized carbons (Fsp3) is 0.167. The number of benzene rings is 4. The number of esters is 1. The summed E-state index contributed by atoms with van der Waals surface area (Å²) in [5.41, 5.74) is -0.418. The third-order valence-electron chi connectivity index (χ3n) is 6.40. The summed E-state index contributed by atoms with van der Waals surface area (Å²) in [7, 11) is 0. The van der Waals surface area contributed by atoms with E-state index in [0.717, 1.165) is 29.0 Å². The van der Waals surface area contributed by atoms with Gasteiger partial charge in [0.25, 0.3) is 5.91 Å². The van der Waals surface area contributed by atoms with Gasteiger partial charge in [-0.2, -0.15) is 13.2 Å². The molecular formula is C30H23F3N2O5. The quantitative estimate of drug-likeness (QED) is 0.279. The fourth-order valence-corrected chi connectivity index (χ4v) is 4.45. The molecule has 0 bridgehead atoms. The first kappa shape index (κ1) is 26.7. The molecule has 4 aromatic rings. The lowest BCUT2D eigenvalue weighted by atomic mass is 10.1. The molecule has 204 valence electrons. The predicted octanol–water partition coefficient (Wildman–Crippen LogP) is 6.19. The highest BCUT2D eigenvalue weighted by Gasteiger charge is 2.36. The third-order valence-corrected chi connectivity index (χ3v) is 6.40. The van der Waals surface area contributed by atoms with Crippen molar-refractivity contribution in [3.63, 3.8) is 0 Å². The van der Waals surface area contributed by atoms with E-state index >= 15 is 0 Å². The highest BCUT2D eigenvalue weighted by Crippen LogP contribution is 2.33. The Morgan fingerprint density at radius 3 is 2.42 bits per heavy atom. The Kier molecular flexibility index (Phi) is 7.41. The number of hydrogen-bond donors (Lipinski definition) is 1. The molecule has 0 spiro atoms. The van der Waals surface area contributed by atoms with E-state index in [1.165, 1.54) is 11.0 Å². The second-order valence-corrected chi connectivity index (χ2v) is 9.21. The average Bonchev–Trinajstić information content (AvgIpc) is 3.33. The molecule has 2 amide bonds. The fourth-order valence-electron chi connectivity index (χ4n) is 4.45. The first-order chi connectivity index (χ1) is 19.2. The number of nitrogens with zero attached hydrogens (tertiary/aromatic N) is 1. The number of rotatable bonds is 7. The van der Waals surface area contributed by atoms with Gasteiger partial charge in [0.15, 0.2) is 6.61 Å². The zero-order chi connectivity index (χ0) is 28.3. The van der Waals surface area contributed by atoms with Gasteiger partial charge in [-0.15, -0.1) is 0 Å². The molecule has 0 radical (unpaired) electrons. The van der Waals surface area contributed by atoms with E-state index in [4.69, 9.17) is 9.47 Å². The Morgan fingerprint density at radius 2 is 1.65 bits per heavy atom. The molecule has 10 heteroatoms. The maximum absolute atomic E-state index is 12.9. The van der Waals surface area contributed by atoms with Gasteiger partial charge in [-0.1, -0.05) is 42.5 Å². The largest absolute Gasteiger partial charge is 0.457 e. The highest BCUT2D eigenvalue weighted by molar-refractivity contribution is 6.00. The lowest BCUT2D eigenvalue weighted by Gasteiger charge is -2.17. The van der Waals surface area contributed by atoms with Crippen LogP contribution in [-0.4, -0.2) is 30.9 Å². The second kappa shape index (κ2) is 11.1. The molecule has 5 rings (SSSR count). The van der Waals surface area contributed by atoms with Gasteiger partial charge in [0.05, 0.1) is 11.5 Å². The average molecular weight is 549 g/mol. The number of fused-ring (bicyclic) bond motifs is 1. The molecule has 7 nitrogen and oxygen atoms in total. The number of alkyl halides is 3. The lowest BCUT2D eigenvalue weighted by molar-refractivity contribution is -0.151. The van der Waals surface area contributed by atoms with E-state index in [1.807, 2.05) is 42.5 Å². The summed E-state index contributed by atoms with van der Waals surface area (Å²) in [6.07, 6.45) is -4.65. The van der Waals surface area contributed by atoms with Gasteiger partial charge < -0.3 is 19.7 Å². The van der Waals surface area contributed by atoms with E-state index in [2.05, 4.69) is 5.32 Å². The Balaban J connectivity index is 1.15. The number of ether oxygens (including phenoxy) is 2. The molecule has 1 aliphatic rings. The zero-order valence-electron chi connectivity index (χ0n) is 21.0. The molecule has 1 atom stereocenters. The van der Waals surface area contributed by atoms with Crippen molar-refractivity contribution < 1.29 is 37.0 Å². The van der Waals surface area contributed by atoms with Crippen LogP contribution in [-0.2, 0) is 25.3 Å². The molecule has 1 saturated heterocycles. The summed E-state index contributed by atoms with van der Waals surface area (Å²) in [4.78, 5) is 38.7. The van der Waals surface area contributed by atoms with Crippen LogP contribution in [0.3, 0.4) is 0 Å². The van der Waals surface area contributed by atoms with Crippen LogP contribution in [0.25, 0.3) is 10.8 Å². The molecule has 0 unspecified atom stereocenters. The Labute approximate surface area is 227 Å². The van der Waals surface area contributed by atoms with Crippen LogP contribution in [0, 0.1) is 5.92 Å². The molecule has 40 heavy (non-hydrogen) atoms. The van der Waals surface area contributed by atoms with Crippen molar-refractivity contribution in [2.45, 2.75) is 12.6 Å². The minimum atomic E-state index is -4.56. The maximum atomic E-state index is 12.9. The van der Waals surface area contributed by atoms with Crippen molar-refractivity contribution in [1.82, 2.24) is 0 Å². The van der Waals surface area contributed by atoms with Crippen molar-refractivity contribution in [1.29, 1.82) is 0 Å². The molecule has 1 aliphatic heterocycles. The minimum absolute atomic E-state index is 0.0659. The molecule has 0 saturated carbocycles. The van der Waals surface area contributed by atoms with Gasteiger partial charge >= 0.3 is 12.1 Å². The second-order valence-electron chi connectivity index (χ2n) is 9.21. The summed E-state index contributed by atoms with van der Waals surface area (Å²) in [5, 5.41) is 4.28. The monoisotopic (exact) mass is 548 g/mol. The van der Waals surface area contributed by atoms with Crippen LogP contribution in [0.4, 0.5) is 24.5 Å². The van der Waals surface area contributed by atoms with E-state index in [-0.39, 0.29) is 24.6 Å². The lowest BCUT2D eigenvalue weighted by Crippen LogP contribution is -2.28. The first-order valence-corrected chi connectivity index (χ1v) is 12.4. The van der Waals surface area contributed by atoms with Crippen LogP contribution in [0.2, 0.25) is 0 Å². The first-order valence-electron chi connectivity index (χ1n) is 12.4. The standard InChI is InChI=1S/C30H23F3N2O5/c31-30(32,33)21-7-4-8-22(16-21)34-27(36)18-39-29(38)20-15-28(37)35(17-20)23-11-13-24(14-12-23)40-26-10-3-6-19-5-1-2-9-25(19)26/h1-14,16,20H,15,17-18H2,(H,34,36)/t20-/m1/s1. The number of hydrogen-bond acceptors (Lipinski definition) is 5. The van der Waals surface area contributed by atoms with Crippen molar-refractivity contribution in [2.75, 3.05) is 23.4 Å². The Hall–Kier alpha value is -4.86. The van der Waals surface area contributed by atoms with Gasteiger partial charge in [-0.3, -0.25) is 14.4 Å². The van der Waals surface area contributed by atoms with Crippen molar-refractivity contribution in [3.05, 3.63) is 96.6 Å². The topological polar surface area (TPSA) is 84.9 Å². The van der Waals surface area contributed by atoms with Crippen LogP contribution in [0.15, 0.2) is 91.0 Å². The van der Waals surface area contributed by atoms with Crippen LogP contribution in [0.5, 0.6) is 11.5 Å². The molecular weight excluding hydrogens is 525 g/mol. The van der Waals surface area contributed by atoms with Crippen LogP contribution >= 0.6 is 0 Å². The summed E-state index contributed by atoms with van der Waals surface area (Å²) in [6.45, 7) is -0.629. The van der Waals surface area contributed by atoms with Crippen LogP contribution < -0.4 is 15.0 Å². The molecule has 1 fully saturated rings. The minimum Gasteiger partial charge on any atom is -0.457 e. The zero-order valence-corrected chi connectivity index (χ0v) is 21.0. The normalized spacial score (nSPS) is 15.2. The summed E-state index contributed by atoms with van der Waals surface area (Å²) in [6, 6.07) is 24.6. The van der Waals surface area contributed by atoms with Crippen molar-refractivity contribution in [3.8, 4) is 11.5 Å². The maximum Gasteiger partial charge on any atom is 0.416 e. The van der Waals surface area contributed by atoms with Crippen molar-refractivity contribution in [2.24, 2.45) is 5.92 Å². The summed E-state index contributed by atoms with van der Waals surface area (Å²) in [5.74, 6) is -1.34. The van der Waals surface area contributed by atoms with E-state index in [9.17, 15) is 27.6 Å². The molecule has 0 aliphatic carbocycles.